The van der Waals surface area contributed by atoms with Gasteiger partial charge >= 0.3 is 0 Å². The SMILES string of the molecule is COc1cccc(-c2nnc(NS(=O)(=O)C(C)C(OC)c3ncc(C)cn3)n2-c2c(OC)cccc2OC)n1. The Balaban J connectivity index is 1.85. The van der Waals surface area contributed by atoms with Crippen LogP contribution in [0.4, 0.5) is 5.95 Å². The summed E-state index contributed by atoms with van der Waals surface area (Å²) in [6, 6.07) is 10.3. The van der Waals surface area contributed by atoms with Crippen LogP contribution in [0.2, 0.25) is 0 Å². The Kier molecular flexibility index (Phi) is 8.26. The summed E-state index contributed by atoms with van der Waals surface area (Å²) in [6.45, 7) is 3.33. The van der Waals surface area contributed by atoms with Crippen LogP contribution in [0.5, 0.6) is 17.4 Å². The maximum Gasteiger partial charge on any atom is 0.243 e. The molecule has 0 radical (unpaired) electrons. The largest absolute Gasteiger partial charge is 0.494 e. The van der Waals surface area contributed by atoms with Gasteiger partial charge in [-0.25, -0.2) is 23.4 Å². The molecule has 0 aliphatic heterocycles. The quantitative estimate of drug-likeness (QED) is 0.291. The third-order valence-electron chi connectivity index (χ3n) is 5.91. The van der Waals surface area contributed by atoms with Gasteiger partial charge in [-0.1, -0.05) is 12.1 Å². The highest BCUT2D eigenvalue weighted by Gasteiger charge is 2.35. The number of methoxy groups -OCH3 is 4. The second-order valence-electron chi connectivity index (χ2n) is 8.39. The molecule has 2 unspecified atom stereocenters. The van der Waals surface area contributed by atoms with Crippen molar-refractivity contribution in [2.24, 2.45) is 0 Å². The molecule has 3 aromatic heterocycles. The van der Waals surface area contributed by atoms with E-state index in [1.165, 1.54) is 39.9 Å². The van der Waals surface area contributed by atoms with Gasteiger partial charge in [-0.15, -0.1) is 10.2 Å². The van der Waals surface area contributed by atoms with Crippen LogP contribution in [-0.2, 0) is 14.8 Å². The normalized spacial score (nSPS) is 13.0. The third kappa shape index (κ3) is 5.61. The highest BCUT2D eigenvalue weighted by Crippen LogP contribution is 2.38. The molecule has 0 amide bonds. The van der Waals surface area contributed by atoms with Gasteiger partial charge in [0.25, 0.3) is 0 Å². The third-order valence-corrected chi connectivity index (χ3v) is 7.60. The van der Waals surface area contributed by atoms with E-state index in [-0.39, 0.29) is 17.6 Å². The molecule has 206 valence electrons. The first-order valence-electron chi connectivity index (χ1n) is 11.7. The smallest absolute Gasteiger partial charge is 0.243 e. The summed E-state index contributed by atoms with van der Waals surface area (Å²) in [5.74, 6) is 1.43. The number of anilines is 1. The average molecular weight is 556 g/mol. The fourth-order valence-corrected chi connectivity index (χ4v) is 5.00. The molecule has 2 atom stereocenters. The Bertz CT molecular complexity index is 1520. The topological polar surface area (TPSA) is 152 Å². The minimum atomic E-state index is -4.14. The highest BCUT2D eigenvalue weighted by molar-refractivity contribution is 7.93. The van der Waals surface area contributed by atoms with E-state index in [1.54, 1.807) is 48.8 Å². The highest BCUT2D eigenvalue weighted by atomic mass is 32.2. The molecule has 4 rings (SSSR count). The van der Waals surface area contributed by atoms with Gasteiger partial charge in [0, 0.05) is 25.6 Å². The molecule has 0 aliphatic carbocycles. The number of rotatable bonds is 11. The molecule has 13 nitrogen and oxygen atoms in total. The molecule has 14 heteroatoms. The van der Waals surface area contributed by atoms with E-state index in [0.717, 1.165) is 5.56 Å². The van der Waals surface area contributed by atoms with Crippen LogP contribution in [0, 0.1) is 6.92 Å². The zero-order chi connectivity index (χ0) is 28.2. The summed E-state index contributed by atoms with van der Waals surface area (Å²) in [7, 11) is 1.73. The van der Waals surface area contributed by atoms with Crippen LogP contribution in [0.15, 0.2) is 48.8 Å². The van der Waals surface area contributed by atoms with E-state index < -0.39 is 21.4 Å². The fraction of sp³-hybridized carbons (Fsp3) is 0.320. The lowest BCUT2D eigenvalue weighted by molar-refractivity contribution is 0.0949. The summed E-state index contributed by atoms with van der Waals surface area (Å²) in [5, 5.41) is 7.32. The van der Waals surface area contributed by atoms with E-state index in [9.17, 15) is 8.42 Å². The minimum Gasteiger partial charge on any atom is -0.494 e. The first-order valence-corrected chi connectivity index (χ1v) is 13.3. The van der Waals surface area contributed by atoms with E-state index in [2.05, 4.69) is 29.9 Å². The monoisotopic (exact) mass is 555 g/mol. The summed E-state index contributed by atoms with van der Waals surface area (Å²) in [4.78, 5) is 12.9. The van der Waals surface area contributed by atoms with Crippen LogP contribution in [0.25, 0.3) is 17.2 Å². The second-order valence-corrected chi connectivity index (χ2v) is 10.4. The van der Waals surface area contributed by atoms with Crippen LogP contribution >= 0.6 is 0 Å². The lowest BCUT2D eigenvalue weighted by Gasteiger charge is -2.23. The lowest BCUT2D eigenvalue weighted by atomic mass is 10.2. The first-order chi connectivity index (χ1) is 18.7. The molecule has 0 saturated carbocycles. The molecule has 1 aromatic carbocycles. The number of sulfonamides is 1. The summed E-state index contributed by atoms with van der Waals surface area (Å²) in [6.07, 6.45) is 2.23. The maximum absolute atomic E-state index is 13.7. The van der Waals surface area contributed by atoms with Crippen molar-refractivity contribution >= 4 is 16.0 Å². The van der Waals surface area contributed by atoms with Crippen molar-refractivity contribution in [3.63, 3.8) is 0 Å². The van der Waals surface area contributed by atoms with Crippen LogP contribution < -0.4 is 18.9 Å². The van der Waals surface area contributed by atoms with Crippen LogP contribution in [0.1, 0.15) is 24.4 Å². The predicted octanol–water partition coefficient (Wildman–Crippen LogP) is 2.97. The van der Waals surface area contributed by atoms with Gasteiger partial charge in [0.2, 0.25) is 21.9 Å². The number of para-hydroxylation sites is 1. The average Bonchev–Trinajstić information content (AvgIpc) is 3.35. The zero-order valence-corrected chi connectivity index (χ0v) is 23.1. The van der Waals surface area contributed by atoms with Gasteiger partial charge in [0.1, 0.15) is 34.2 Å². The maximum atomic E-state index is 13.7. The van der Waals surface area contributed by atoms with Crippen LogP contribution in [0.3, 0.4) is 0 Å². The fourth-order valence-electron chi connectivity index (χ4n) is 3.87. The molecule has 4 aromatic rings. The number of hydrogen-bond acceptors (Lipinski definition) is 11. The van der Waals surface area contributed by atoms with Crippen molar-refractivity contribution < 1.29 is 27.4 Å². The van der Waals surface area contributed by atoms with Crippen molar-refractivity contribution in [2.45, 2.75) is 25.2 Å². The predicted molar refractivity (Wildman–Crippen MR) is 143 cm³/mol. The van der Waals surface area contributed by atoms with E-state index in [1.807, 2.05) is 6.92 Å². The Labute approximate surface area is 226 Å². The number of ether oxygens (including phenoxy) is 4. The molecule has 0 spiro atoms. The Morgan fingerprint density at radius 3 is 2.13 bits per heavy atom. The van der Waals surface area contributed by atoms with Gasteiger partial charge in [0.05, 0.1) is 21.3 Å². The standard InChI is InChI=1S/C25H29N7O6S/c1-15-13-26-23(27-14-15)22(38-6)16(2)39(33,34)31-25-30-29-24(17-9-7-12-20(28-17)37-5)32(25)21-18(35-3)10-8-11-19(21)36-4/h7-14,16,22H,1-6H3,(H,30,31). The number of pyridine rings is 1. The Hall–Kier alpha value is -4.30. The van der Waals surface area contributed by atoms with Crippen molar-refractivity contribution in [1.29, 1.82) is 0 Å². The molecular weight excluding hydrogens is 526 g/mol. The number of nitrogens with one attached hydrogen (secondary N) is 1. The molecular formula is C25H29N7O6S. The lowest BCUT2D eigenvalue weighted by Crippen LogP contribution is -2.33. The number of aryl methyl sites for hydroxylation is 1. The molecule has 0 fully saturated rings. The van der Waals surface area contributed by atoms with E-state index in [0.29, 0.717) is 28.8 Å². The Morgan fingerprint density at radius 1 is 0.897 bits per heavy atom. The van der Waals surface area contributed by atoms with Gasteiger partial charge < -0.3 is 18.9 Å². The van der Waals surface area contributed by atoms with Crippen LogP contribution in [-0.4, -0.2) is 71.8 Å². The molecule has 1 N–H and O–H groups in total. The summed E-state index contributed by atoms with van der Waals surface area (Å²) < 4.78 is 53.3. The molecule has 3 heterocycles. The van der Waals surface area contributed by atoms with Gasteiger partial charge in [-0.2, -0.15) is 0 Å². The van der Waals surface area contributed by atoms with Gasteiger partial charge in [-0.05, 0) is 37.6 Å². The van der Waals surface area contributed by atoms with Crippen molar-refractivity contribution in [3.8, 4) is 34.6 Å². The molecule has 0 aliphatic rings. The molecule has 0 bridgehead atoms. The number of nitrogens with zero attached hydrogens (tertiary/aromatic N) is 6. The van der Waals surface area contributed by atoms with Crippen molar-refractivity contribution in [2.75, 3.05) is 33.2 Å². The van der Waals surface area contributed by atoms with E-state index >= 15 is 0 Å². The number of hydrogen-bond donors (Lipinski definition) is 1. The second kappa shape index (κ2) is 11.6. The summed E-state index contributed by atoms with van der Waals surface area (Å²) >= 11 is 0. The summed E-state index contributed by atoms with van der Waals surface area (Å²) in [5.41, 5.74) is 1.57. The van der Waals surface area contributed by atoms with Gasteiger partial charge in [-0.3, -0.25) is 9.29 Å². The van der Waals surface area contributed by atoms with Crippen molar-refractivity contribution in [3.05, 3.63) is 60.2 Å². The van der Waals surface area contributed by atoms with E-state index in [4.69, 9.17) is 18.9 Å². The number of aromatic nitrogens is 6. The minimum absolute atomic E-state index is 0.121. The molecule has 39 heavy (non-hydrogen) atoms. The molecule has 0 saturated heterocycles. The first kappa shape index (κ1) is 27.7. The Morgan fingerprint density at radius 2 is 1.54 bits per heavy atom. The zero-order valence-electron chi connectivity index (χ0n) is 22.3. The number of benzene rings is 1. The van der Waals surface area contributed by atoms with Gasteiger partial charge in [0.15, 0.2) is 11.6 Å². The van der Waals surface area contributed by atoms with Crippen molar-refractivity contribution in [1.82, 2.24) is 29.7 Å².